The summed E-state index contributed by atoms with van der Waals surface area (Å²) in [5.41, 5.74) is 2.91. The Labute approximate surface area is 125 Å². The SMILES string of the molecule is CC(=O)N1CCCC(C)(c2ccc3c(C)nn(C)c3n2)C1. The van der Waals surface area contributed by atoms with Crippen molar-refractivity contribution in [2.45, 2.75) is 39.0 Å². The zero-order chi connectivity index (χ0) is 15.2. The Morgan fingerprint density at radius 1 is 1.38 bits per heavy atom. The maximum atomic E-state index is 11.7. The molecule has 0 saturated carbocycles. The van der Waals surface area contributed by atoms with Crippen molar-refractivity contribution in [1.29, 1.82) is 0 Å². The first-order chi connectivity index (χ1) is 9.90. The largest absolute Gasteiger partial charge is 0.342 e. The van der Waals surface area contributed by atoms with Crippen LogP contribution in [0.2, 0.25) is 0 Å². The molecule has 3 rings (SSSR count). The molecule has 112 valence electrons. The highest BCUT2D eigenvalue weighted by Crippen LogP contribution is 2.33. The number of amides is 1. The van der Waals surface area contributed by atoms with Crippen molar-refractivity contribution in [2.75, 3.05) is 13.1 Å². The Kier molecular flexibility index (Phi) is 3.23. The zero-order valence-electron chi connectivity index (χ0n) is 13.2. The highest BCUT2D eigenvalue weighted by Gasteiger charge is 2.35. The minimum absolute atomic E-state index is 0.0731. The number of hydrogen-bond acceptors (Lipinski definition) is 3. The molecule has 3 heterocycles. The summed E-state index contributed by atoms with van der Waals surface area (Å²) in [6.45, 7) is 7.46. The fourth-order valence-electron chi connectivity index (χ4n) is 3.36. The molecule has 2 aromatic rings. The van der Waals surface area contributed by atoms with Gasteiger partial charge in [0, 0.05) is 37.9 Å². The van der Waals surface area contributed by atoms with Crippen LogP contribution in [0.25, 0.3) is 11.0 Å². The van der Waals surface area contributed by atoms with Crippen molar-refractivity contribution in [3.8, 4) is 0 Å². The summed E-state index contributed by atoms with van der Waals surface area (Å²) < 4.78 is 1.84. The highest BCUT2D eigenvalue weighted by molar-refractivity contribution is 5.78. The van der Waals surface area contributed by atoms with Crippen molar-refractivity contribution < 1.29 is 4.79 Å². The van der Waals surface area contributed by atoms with Crippen LogP contribution in [-0.4, -0.2) is 38.7 Å². The lowest BCUT2D eigenvalue weighted by atomic mass is 9.78. The van der Waals surface area contributed by atoms with E-state index < -0.39 is 0 Å². The Balaban J connectivity index is 2.02. The summed E-state index contributed by atoms with van der Waals surface area (Å²) in [4.78, 5) is 18.5. The van der Waals surface area contributed by atoms with Gasteiger partial charge in [-0.15, -0.1) is 0 Å². The molecule has 0 bridgehead atoms. The fraction of sp³-hybridized carbons (Fsp3) is 0.562. The normalized spacial score (nSPS) is 22.8. The van der Waals surface area contributed by atoms with Crippen molar-refractivity contribution in [3.05, 3.63) is 23.5 Å². The van der Waals surface area contributed by atoms with Gasteiger partial charge < -0.3 is 4.90 Å². The van der Waals surface area contributed by atoms with E-state index in [0.29, 0.717) is 0 Å². The minimum atomic E-state index is -0.0731. The van der Waals surface area contributed by atoms with Gasteiger partial charge in [0.1, 0.15) is 0 Å². The molecule has 0 aliphatic carbocycles. The van der Waals surface area contributed by atoms with Crippen molar-refractivity contribution in [2.24, 2.45) is 7.05 Å². The third-order valence-corrected chi connectivity index (χ3v) is 4.63. The van der Waals surface area contributed by atoms with Crippen LogP contribution in [0.15, 0.2) is 12.1 Å². The third kappa shape index (κ3) is 2.30. The smallest absolute Gasteiger partial charge is 0.219 e. The average molecular weight is 286 g/mol. The first-order valence-corrected chi connectivity index (χ1v) is 7.47. The zero-order valence-corrected chi connectivity index (χ0v) is 13.2. The first-order valence-electron chi connectivity index (χ1n) is 7.47. The molecule has 5 heteroatoms. The Morgan fingerprint density at radius 3 is 2.86 bits per heavy atom. The van der Waals surface area contributed by atoms with Crippen LogP contribution in [0, 0.1) is 6.92 Å². The van der Waals surface area contributed by atoms with E-state index in [-0.39, 0.29) is 11.3 Å². The predicted octanol–water partition coefficient (Wildman–Crippen LogP) is 2.18. The summed E-state index contributed by atoms with van der Waals surface area (Å²) in [6.07, 6.45) is 2.09. The Morgan fingerprint density at radius 2 is 2.14 bits per heavy atom. The molecule has 1 unspecified atom stereocenters. The van der Waals surface area contributed by atoms with E-state index in [1.807, 2.05) is 23.6 Å². The summed E-state index contributed by atoms with van der Waals surface area (Å²) >= 11 is 0. The number of aromatic nitrogens is 3. The van der Waals surface area contributed by atoms with Crippen LogP contribution in [0.5, 0.6) is 0 Å². The lowest BCUT2D eigenvalue weighted by Gasteiger charge is -2.39. The van der Waals surface area contributed by atoms with Gasteiger partial charge in [0.15, 0.2) is 5.65 Å². The Hall–Kier alpha value is -1.91. The lowest BCUT2D eigenvalue weighted by Crippen LogP contribution is -2.46. The number of nitrogens with zero attached hydrogens (tertiary/aromatic N) is 4. The van der Waals surface area contributed by atoms with Crippen molar-refractivity contribution in [1.82, 2.24) is 19.7 Å². The molecule has 0 aromatic carbocycles. The second kappa shape index (κ2) is 4.83. The molecular formula is C16H22N4O. The van der Waals surface area contributed by atoms with E-state index in [4.69, 9.17) is 4.98 Å². The highest BCUT2D eigenvalue weighted by atomic mass is 16.2. The number of pyridine rings is 1. The van der Waals surface area contributed by atoms with Crippen LogP contribution in [0.1, 0.15) is 38.1 Å². The number of carbonyl (C=O) groups excluding carboxylic acids is 1. The standard InChI is InChI=1S/C16H22N4O/c1-11-13-6-7-14(17-15(13)19(4)18-11)16(3)8-5-9-20(10-16)12(2)21/h6-7H,5,8-10H2,1-4H3. The second-order valence-electron chi connectivity index (χ2n) is 6.38. The third-order valence-electron chi connectivity index (χ3n) is 4.63. The maximum Gasteiger partial charge on any atom is 0.219 e. The molecule has 5 nitrogen and oxygen atoms in total. The quantitative estimate of drug-likeness (QED) is 0.807. The summed E-state index contributed by atoms with van der Waals surface area (Å²) in [5, 5.41) is 5.53. The molecule has 1 fully saturated rings. The van der Waals surface area contributed by atoms with E-state index in [1.54, 1.807) is 6.92 Å². The Bertz CT molecular complexity index is 706. The fourth-order valence-corrected chi connectivity index (χ4v) is 3.36. The number of hydrogen-bond donors (Lipinski definition) is 0. The van der Waals surface area contributed by atoms with Gasteiger partial charge in [-0.25, -0.2) is 4.98 Å². The molecule has 1 aliphatic heterocycles. The summed E-state index contributed by atoms with van der Waals surface area (Å²) in [6, 6.07) is 4.21. The van der Waals surface area contributed by atoms with Crippen molar-refractivity contribution in [3.63, 3.8) is 0 Å². The van der Waals surface area contributed by atoms with E-state index in [0.717, 1.165) is 48.4 Å². The van der Waals surface area contributed by atoms with Gasteiger partial charge >= 0.3 is 0 Å². The monoisotopic (exact) mass is 286 g/mol. The molecule has 2 aromatic heterocycles. The molecule has 21 heavy (non-hydrogen) atoms. The van der Waals surface area contributed by atoms with Crippen LogP contribution >= 0.6 is 0 Å². The van der Waals surface area contributed by atoms with Gasteiger partial charge in [-0.3, -0.25) is 9.48 Å². The molecule has 1 amide bonds. The van der Waals surface area contributed by atoms with Crippen LogP contribution in [0.4, 0.5) is 0 Å². The number of likely N-dealkylation sites (tertiary alicyclic amines) is 1. The molecule has 1 saturated heterocycles. The molecule has 1 atom stereocenters. The van der Waals surface area contributed by atoms with Gasteiger partial charge in [0.25, 0.3) is 0 Å². The lowest BCUT2D eigenvalue weighted by molar-refractivity contribution is -0.130. The van der Waals surface area contributed by atoms with E-state index in [9.17, 15) is 4.79 Å². The number of piperidine rings is 1. The van der Waals surface area contributed by atoms with Gasteiger partial charge in [-0.05, 0) is 31.9 Å². The summed E-state index contributed by atoms with van der Waals surface area (Å²) in [5.74, 6) is 0.151. The first kappa shape index (κ1) is 14.0. The number of carbonyl (C=O) groups is 1. The molecule has 0 N–H and O–H groups in total. The van der Waals surface area contributed by atoms with Crippen LogP contribution < -0.4 is 0 Å². The van der Waals surface area contributed by atoms with Gasteiger partial charge in [0.05, 0.1) is 11.4 Å². The molecule has 0 radical (unpaired) electrons. The minimum Gasteiger partial charge on any atom is -0.342 e. The van der Waals surface area contributed by atoms with Gasteiger partial charge in [-0.2, -0.15) is 5.10 Å². The van der Waals surface area contributed by atoms with Crippen LogP contribution in [0.3, 0.4) is 0 Å². The number of rotatable bonds is 1. The van der Waals surface area contributed by atoms with Crippen LogP contribution in [-0.2, 0) is 17.3 Å². The molecule has 1 aliphatic rings. The topological polar surface area (TPSA) is 51.0 Å². The molecular weight excluding hydrogens is 264 g/mol. The summed E-state index contributed by atoms with van der Waals surface area (Å²) in [7, 11) is 1.93. The number of aryl methyl sites for hydroxylation is 2. The van der Waals surface area contributed by atoms with Crippen molar-refractivity contribution >= 4 is 16.9 Å². The number of fused-ring (bicyclic) bond motifs is 1. The van der Waals surface area contributed by atoms with Gasteiger partial charge in [-0.1, -0.05) is 6.92 Å². The van der Waals surface area contributed by atoms with E-state index in [2.05, 4.69) is 24.2 Å². The van der Waals surface area contributed by atoms with E-state index in [1.165, 1.54) is 0 Å². The van der Waals surface area contributed by atoms with Gasteiger partial charge in [0.2, 0.25) is 5.91 Å². The second-order valence-corrected chi connectivity index (χ2v) is 6.38. The maximum absolute atomic E-state index is 11.7. The molecule has 0 spiro atoms. The average Bonchev–Trinajstić information content (AvgIpc) is 2.74. The predicted molar refractivity (Wildman–Crippen MR) is 82.1 cm³/mol. The van der Waals surface area contributed by atoms with E-state index >= 15 is 0 Å².